The lowest BCUT2D eigenvalue weighted by Gasteiger charge is -2.01. The van der Waals surface area contributed by atoms with E-state index in [0.29, 0.717) is 0 Å². The highest BCUT2D eigenvalue weighted by molar-refractivity contribution is 6.01. The molecule has 30 heavy (non-hydrogen) atoms. The standard InChI is InChI=1S/C24H16N6/c1-2-9-27-20(5-1)19-13-26-14-23-17(19)11-22(28-23)24-18-10-15(6-7-21(18)29-30-24)16-4-3-8-25-12-16/h1-14,28H,(H,29,30). The maximum absolute atomic E-state index is 4.59. The van der Waals surface area contributed by atoms with Crippen LogP contribution in [0.3, 0.4) is 0 Å². The Bertz CT molecular complexity index is 1480. The lowest BCUT2D eigenvalue weighted by atomic mass is 10.0. The van der Waals surface area contributed by atoms with Gasteiger partial charge in [-0.2, -0.15) is 5.10 Å². The van der Waals surface area contributed by atoms with Crippen LogP contribution in [0.5, 0.6) is 0 Å². The lowest BCUT2D eigenvalue weighted by molar-refractivity contribution is 1.12. The van der Waals surface area contributed by atoms with Gasteiger partial charge < -0.3 is 4.98 Å². The van der Waals surface area contributed by atoms with E-state index in [9.17, 15) is 0 Å². The lowest BCUT2D eigenvalue weighted by Crippen LogP contribution is -1.84. The minimum atomic E-state index is 0.874. The minimum Gasteiger partial charge on any atom is -0.352 e. The summed E-state index contributed by atoms with van der Waals surface area (Å²) in [7, 11) is 0. The normalized spacial score (nSPS) is 11.3. The van der Waals surface area contributed by atoms with Gasteiger partial charge in [0.1, 0.15) is 5.69 Å². The Balaban J connectivity index is 1.52. The van der Waals surface area contributed by atoms with Crippen molar-refractivity contribution in [1.82, 2.24) is 30.1 Å². The number of aromatic nitrogens is 6. The highest BCUT2D eigenvalue weighted by atomic mass is 15.1. The molecule has 0 radical (unpaired) electrons. The van der Waals surface area contributed by atoms with Gasteiger partial charge in [0.25, 0.3) is 0 Å². The summed E-state index contributed by atoms with van der Waals surface area (Å²) < 4.78 is 0. The van der Waals surface area contributed by atoms with Crippen molar-refractivity contribution in [3.8, 4) is 33.8 Å². The molecular weight excluding hydrogens is 372 g/mol. The van der Waals surface area contributed by atoms with Crippen molar-refractivity contribution in [1.29, 1.82) is 0 Å². The van der Waals surface area contributed by atoms with Crippen LogP contribution in [0.2, 0.25) is 0 Å². The van der Waals surface area contributed by atoms with Crippen LogP contribution < -0.4 is 0 Å². The van der Waals surface area contributed by atoms with E-state index in [4.69, 9.17) is 0 Å². The third-order valence-electron chi connectivity index (χ3n) is 5.30. The Hall–Kier alpha value is -4.32. The molecule has 0 spiro atoms. The number of rotatable bonds is 3. The Morgan fingerprint density at radius 1 is 0.700 bits per heavy atom. The predicted octanol–water partition coefficient (Wildman–Crippen LogP) is 5.23. The third kappa shape index (κ3) is 2.66. The summed E-state index contributed by atoms with van der Waals surface area (Å²) >= 11 is 0. The van der Waals surface area contributed by atoms with E-state index in [0.717, 1.165) is 55.6 Å². The number of nitrogens with zero attached hydrogens (tertiary/aromatic N) is 4. The molecule has 0 aliphatic rings. The first-order chi connectivity index (χ1) is 14.9. The first kappa shape index (κ1) is 16.6. The van der Waals surface area contributed by atoms with Crippen molar-refractivity contribution in [3.05, 3.63) is 85.6 Å². The number of pyridine rings is 3. The van der Waals surface area contributed by atoms with Gasteiger partial charge in [0.05, 0.1) is 28.6 Å². The highest BCUT2D eigenvalue weighted by Crippen LogP contribution is 2.34. The number of H-pyrrole nitrogens is 2. The van der Waals surface area contributed by atoms with Crippen molar-refractivity contribution in [2.45, 2.75) is 0 Å². The molecule has 6 rings (SSSR count). The van der Waals surface area contributed by atoms with Crippen LogP contribution in [0.25, 0.3) is 55.6 Å². The molecule has 6 aromatic rings. The van der Waals surface area contributed by atoms with Crippen molar-refractivity contribution in [2.75, 3.05) is 0 Å². The molecule has 0 saturated heterocycles. The molecule has 6 heteroatoms. The molecular formula is C24H16N6. The molecule has 0 bridgehead atoms. The van der Waals surface area contributed by atoms with Crippen molar-refractivity contribution < 1.29 is 0 Å². The Kier molecular flexibility index (Phi) is 3.67. The number of aromatic amines is 2. The summed E-state index contributed by atoms with van der Waals surface area (Å²) in [5.41, 5.74) is 7.81. The van der Waals surface area contributed by atoms with Gasteiger partial charge in [-0.05, 0) is 42.0 Å². The number of nitrogens with one attached hydrogen (secondary N) is 2. The van der Waals surface area contributed by atoms with Crippen molar-refractivity contribution in [3.63, 3.8) is 0 Å². The largest absolute Gasteiger partial charge is 0.352 e. The number of hydrogen-bond donors (Lipinski definition) is 2. The van der Waals surface area contributed by atoms with E-state index < -0.39 is 0 Å². The summed E-state index contributed by atoms with van der Waals surface area (Å²) in [6.45, 7) is 0. The van der Waals surface area contributed by atoms with Gasteiger partial charge in [0.15, 0.2) is 0 Å². The van der Waals surface area contributed by atoms with Crippen LogP contribution in [0.1, 0.15) is 0 Å². The molecule has 0 atom stereocenters. The summed E-state index contributed by atoms with van der Waals surface area (Å²) in [4.78, 5) is 16.6. The average Bonchev–Trinajstić information content (AvgIpc) is 3.43. The van der Waals surface area contributed by atoms with Crippen LogP contribution in [-0.2, 0) is 0 Å². The summed E-state index contributed by atoms with van der Waals surface area (Å²) in [5, 5.41) is 9.85. The van der Waals surface area contributed by atoms with Gasteiger partial charge in [0, 0.05) is 46.7 Å². The van der Waals surface area contributed by atoms with Gasteiger partial charge in [-0.15, -0.1) is 0 Å². The van der Waals surface area contributed by atoms with Crippen LogP contribution in [0.4, 0.5) is 0 Å². The Morgan fingerprint density at radius 3 is 2.57 bits per heavy atom. The number of fused-ring (bicyclic) bond motifs is 2. The zero-order valence-electron chi connectivity index (χ0n) is 15.9. The highest BCUT2D eigenvalue weighted by Gasteiger charge is 2.15. The summed E-state index contributed by atoms with van der Waals surface area (Å²) in [6, 6.07) is 18.3. The molecule has 0 aliphatic heterocycles. The Labute approximate surface area is 171 Å². The third-order valence-corrected chi connectivity index (χ3v) is 5.30. The molecule has 0 aliphatic carbocycles. The van der Waals surface area contributed by atoms with Gasteiger partial charge in [-0.25, -0.2) is 0 Å². The first-order valence-corrected chi connectivity index (χ1v) is 9.64. The van der Waals surface area contributed by atoms with Crippen LogP contribution in [0.15, 0.2) is 85.6 Å². The molecule has 6 nitrogen and oxygen atoms in total. The molecule has 1 aromatic carbocycles. The second kappa shape index (κ2) is 6.63. The van der Waals surface area contributed by atoms with E-state index >= 15 is 0 Å². The van der Waals surface area contributed by atoms with Crippen LogP contribution in [0, 0.1) is 0 Å². The quantitative estimate of drug-likeness (QED) is 0.435. The zero-order chi connectivity index (χ0) is 19.9. The van der Waals surface area contributed by atoms with Crippen LogP contribution in [-0.4, -0.2) is 30.1 Å². The monoisotopic (exact) mass is 388 g/mol. The van der Waals surface area contributed by atoms with Gasteiger partial charge in [-0.1, -0.05) is 18.2 Å². The second-order valence-electron chi connectivity index (χ2n) is 7.12. The molecule has 0 unspecified atom stereocenters. The minimum absolute atomic E-state index is 0.874. The van der Waals surface area contributed by atoms with E-state index in [1.807, 2.05) is 42.9 Å². The SMILES string of the molecule is c1ccc(-c2cncc3[nH]c(-c4n[nH]c5ccc(-c6cccnc6)cc45)cc23)nc1. The smallest absolute Gasteiger partial charge is 0.116 e. The maximum Gasteiger partial charge on any atom is 0.116 e. The van der Waals surface area contributed by atoms with Gasteiger partial charge in [0.2, 0.25) is 0 Å². The molecule has 0 amide bonds. The van der Waals surface area contributed by atoms with Gasteiger partial charge in [-0.3, -0.25) is 20.1 Å². The summed E-state index contributed by atoms with van der Waals surface area (Å²) in [6.07, 6.45) is 9.13. The average molecular weight is 388 g/mol. The number of benzene rings is 1. The van der Waals surface area contributed by atoms with E-state index in [2.05, 4.69) is 60.5 Å². The second-order valence-corrected chi connectivity index (χ2v) is 7.12. The topological polar surface area (TPSA) is 83.1 Å². The maximum atomic E-state index is 4.59. The molecule has 5 aromatic heterocycles. The Morgan fingerprint density at radius 2 is 1.70 bits per heavy atom. The number of hydrogen-bond acceptors (Lipinski definition) is 4. The molecule has 5 heterocycles. The van der Waals surface area contributed by atoms with Crippen LogP contribution >= 0.6 is 0 Å². The molecule has 0 saturated carbocycles. The van der Waals surface area contributed by atoms with Crippen molar-refractivity contribution in [2.24, 2.45) is 0 Å². The fourth-order valence-corrected chi connectivity index (χ4v) is 3.84. The van der Waals surface area contributed by atoms with Crippen molar-refractivity contribution >= 4 is 21.8 Å². The first-order valence-electron chi connectivity index (χ1n) is 9.64. The summed E-state index contributed by atoms with van der Waals surface area (Å²) in [5.74, 6) is 0. The van der Waals surface area contributed by atoms with Gasteiger partial charge >= 0.3 is 0 Å². The predicted molar refractivity (Wildman–Crippen MR) is 118 cm³/mol. The fourth-order valence-electron chi connectivity index (χ4n) is 3.84. The molecule has 142 valence electrons. The zero-order valence-corrected chi connectivity index (χ0v) is 15.9. The van der Waals surface area contributed by atoms with E-state index in [1.54, 1.807) is 12.4 Å². The van der Waals surface area contributed by atoms with E-state index in [1.165, 1.54) is 0 Å². The molecule has 2 N–H and O–H groups in total. The fraction of sp³-hybridized carbons (Fsp3) is 0. The molecule has 0 fully saturated rings. The van der Waals surface area contributed by atoms with E-state index in [-0.39, 0.29) is 0 Å².